The molecule has 0 aromatic rings. The molecule has 0 aliphatic rings. The molecular formula is C12H24O4. The first kappa shape index (κ1) is 15.4. The molecule has 0 aliphatic carbocycles. The summed E-state index contributed by atoms with van der Waals surface area (Å²) in [5, 5.41) is 8.43. The van der Waals surface area contributed by atoms with Crippen LogP contribution in [0.15, 0.2) is 0 Å². The molecule has 0 aromatic heterocycles. The molecule has 0 spiro atoms. The van der Waals surface area contributed by atoms with Crippen LogP contribution in [0.25, 0.3) is 0 Å². The molecule has 0 bridgehead atoms. The lowest BCUT2D eigenvalue weighted by atomic mass is 10.1. The Morgan fingerprint density at radius 3 is 2.56 bits per heavy atom. The summed E-state index contributed by atoms with van der Waals surface area (Å²) in [4.78, 5) is 11.2. The van der Waals surface area contributed by atoms with Gasteiger partial charge in [-0.1, -0.05) is 26.7 Å². The second kappa shape index (κ2) is 10.9. The SMILES string of the molecule is CC(C)CCCCC(=O)OCCOCCO. The van der Waals surface area contributed by atoms with Crippen molar-refractivity contribution in [1.82, 2.24) is 0 Å². The molecule has 0 fully saturated rings. The standard InChI is InChI=1S/C12H24O4/c1-11(2)5-3-4-6-12(14)16-10-9-15-8-7-13/h11,13H,3-10H2,1-2H3. The maximum absolute atomic E-state index is 11.2. The first-order chi connectivity index (χ1) is 7.66. The fraction of sp³-hybridized carbons (Fsp3) is 0.917. The second-order valence-corrected chi connectivity index (χ2v) is 4.20. The maximum atomic E-state index is 11.2. The first-order valence-corrected chi connectivity index (χ1v) is 6.01. The summed E-state index contributed by atoms with van der Waals surface area (Å²) in [7, 11) is 0. The van der Waals surface area contributed by atoms with Crippen molar-refractivity contribution in [3.8, 4) is 0 Å². The zero-order valence-electron chi connectivity index (χ0n) is 10.4. The average Bonchev–Trinajstić information content (AvgIpc) is 2.24. The van der Waals surface area contributed by atoms with E-state index in [1.807, 2.05) is 0 Å². The highest BCUT2D eigenvalue weighted by Gasteiger charge is 2.02. The van der Waals surface area contributed by atoms with Crippen molar-refractivity contribution in [2.45, 2.75) is 39.5 Å². The molecule has 0 rings (SSSR count). The molecule has 4 nitrogen and oxygen atoms in total. The van der Waals surface area contributed by atoms with Gasteiger partial charge in [-0.3, -0.25) is 4.79 Å². The maximum Gasteiger partial charge on any atom is 0.305 e. The minimum absolute atomic E-state index is 0.00312. The van der Waals surface area contributed by atoms with Crippen molar-refractivity contribution in [3.63, 3.8) is 0 Å². The van der Waals surface area contributed by atoms with Crippen LogP contribution in [0.5, 0.6) is 0 Å². The number of hydrogen-bond donors (Lipinski definition) is 1. The normalized spacial score (nSPS) is 10.8. The van der Waals surface area contributed by atoms with Gasteiger partial charge in [-0.25, -0.2) is 0 Å². The van der Waals surface area contributed by atoms with Crippen LogP contribution in [-0.2, 0) is 14.3 Å². The number of aliphatic hydroxyl groups excluding tert-OH is 1. The van der Waals surface area contributed by atoms with Crippen molar-refractivity contribution in [3.05, 3.63) is 0 Å². The third kappa shape index (κ3) is 11.5. The molecule has 0 saturated carbocycles. The third-order valence-electron chi connectivity index (χ3n) is 2.14. The van der Waals surface area contributed by atoms with Crippen molar-refractivity contribution >= 4 is 5.97 Å². The Morgan fingerprint density at radius 1 is 1.19 bits per heavy atom. The van der Waals surface area contributed by atoms with Gasteiger partial charge in [-0.15, -0.1) is 0 Å². The number of carbonyl (C=O) groups is 1. The molecule has 1 N–H and O–H groups in total. The molecule has 0 aliphatic heterocycles. The van der Waals surface area contributed by atoms with Gasteiger partial charge in [0, 0.05) is 6.42 Å². The number of rotatable bonds is 10. The highest BCUT2D eigenvalue weighted by molar-refractivity contribution is 5.69. The predicted octanol–water partition coefficient (Wildman–Crippen LogP) is 1.75. The molecule has 0 aromatic carbocycles. The van der Waals surface area contributed by atoms with Crippen LogP contribution in [0.3, 0.4) is 0 Å². The van der Waals surface area contributed by atoms with Gasteiger partial charge in [0.1, 0.15) is 6.61 Å². The van der Waals surface area contributed by atoms with Gasteiger partial charge >= 0.3 is 5.97 Å². The minimum Gasteiger partial charge on any atom is -0.463 e. The van der Waals surface area contributed by atoms with Gasteiger partial charge in [0.05, 0.1) is 19.8 Å². The zero-order chi connectivity index (χ0) is 12.2. The molecule has 16 heavy (non-hydrogen) atoms. The molecule has 0 heterocycles. The Kier molecular flexibility index (Phi) is 10.5. The van der Waals surface area contributed by atoms with Crippen molar-refractivity contribution < 1.29 is 19.4 Å². The second-order valence-electron chi connectivity index (χ2n) is 4.20. The van der Waals surface area contributed by atoms with Crippen LogP contribution in [0.2, 0.25) is 0 Å². The van der Waals surface area contributed by atoms with E-state index in [-0.39, 0.29) is 19.2 Å². The van der Waals surface area contributed by atoms with E-state index in [2.05, 4.69) is 13.8 Å². The summed E-state index contributed by atoms with van der Waals surface area (Å²) in [6.45, 7) is 5.30. The molecule has 0 atom stereocenters. The van der Waals surface area contributed by atoms with E-state index in [0.717, 1.165) is 19.3 Å². The Morgan fingerprint density at radius 2 is 1.94 bits per heavy atom. The van der Waals surface area contributed by atoms with E-state index in [9.17, 15) is 4.79 Å². The van der Waals surface area contributed by atoms with E-state index in [0.29, 0.717) is 25.6 Å². The van der Waals surface area contributed by atoms with E-state index >= 15 is 0 Å². The largest absolute Gasteiger partial charge is 0.463 e. The zero-order valence-corrected chi connectivity index (χ0v) is 10.4. The van der Waals surface area contributed by atoms with Gasteiger partial charge in [0.25, 0.3) is 0 Å². The van der Waals surface area contributed by atoms with Crippen LogP contribution >= 0.6 is 0 Å². The van der Waals surface area contributed by atoms with Crippen LogP contribution in [0.1, 0.15) is 39.5 Å². The number of ether oxygens (including phenoxy) is 2. The van der Waals surface area contributed by atoms with Crippen LogP contribution < -0.4 is 0 Å². The summed E-state index contributed by atoms with van der Waals surface area (Å²) in [5.74, 6) is 0.541. The summed E-state index contributed by atoms with van der Waals surface area (Å²) in [6, 6.07) is 0. The van der Waals surface area contributed by atoms with E-state index in [1.165, 1.54) is 0 Å². The van der Waals surface area contributed by atoms with Gasteiger partial charge < -0.3 is 14.6 Å². The molecular weight excluding hydrogens is 208 g/mol. The smallest absolute Gasteiger partial charge is 0.305 e. The van der Waals surface area contributed by atoms with E-state index in [1.54, 1.807) is 0 Å². The van der Waals surface area contributed by atoms with Gasteiger partial charge in [0.2, 0.25) is 0 Å². The minimum atomic E-state index is -0.156. The Hall–Kier alpha value is -0.610. The lowest BCUT2D eigenvalue weighted by molar-refractivity contribution is -0.145. The number of carbonyl (C=O) groups excluding carboxylic acids is 1. The Labute approximate surface area is 97.9 Å². The fourth-order valence-electron chi connectivity index (χ4n) is 1.28. The van der Waals surface area contributed by atoms with Crippen molar-refractivity contribution in [2.75, 3.05) is 26.4 Å². The van der Waals surface area contributed by atoms with Crippen LogP contribution in [-0.4, -0.2) is 37.5 Å². The highest BCUT2D eigenvalue weighted by Crippen LogP contribution is 2.08. The van der Waals surface area contributed by atoms with Gasteiger partial charge in [-0.2, -0.15) is 0 Å². The quantitative estimate of drug-likeness (QED) is 0.460. The van der Waals surface area contributed by atoms with Crippen LogP contribution in [0.4, 0.5) is 0 Å². The lowest BCUT2D eigenvalue weighted by Crippen LogP contribution is -2.11. The average molecular weight is 232 g/mol. The fourth-order valence-corrected chi connectivity index (χ4v) is 1.28. The number of hydrogen-bond acceptors (Lipinski definition) is 4. The Bertz CT molecular complexity index is 168. The molecule has 4 heteroatoms. The summed E-state index contributed by atoms with van der Waals surface area (Å²) in [6.07, 6.45) is 3.63. The molecule has 96 valence electrons. The topological polar surface area (TPSA) is 55.8 Å². The summed E-state index contributed by atoms with van der Waals surface area (Å²) < 4.78 is 9.91. The summed E-state index contributed by atoms with van der Waals surface area (Å²) >= 11 is 0. The Balaban J connectivity index is 3.18. The third-order valence-corrected chi connectivity index (χ3v) is 2.14. The van der Waals surface area contributed by atoms with Crippen molar-refractivity contribution in [2.24, 2.45) is 5.92 Å². The molecule has 0 saturated heterocycles. The molecule has 0 amide bonds. The monoisotopic (exact) mass is 232 g/mol. The van der Waals surface area contributed by atoms with E-state index < -0.39 is 0 Å². The number of aliphatic hydroxyl groups is 1. The van der Waals surface area contributed by atoms with Gasteiger partial charge in [-0.05, 0) is 12.3 Å². The van der Waals surface area contributed by atoms with Crippen LogP contribution in [0, 0.1) is 5.92 Å². The summed E-state index contributed by atoms with van der Waals surface area (Å²) in [5.41, 5.74) is 0. The van der Waals surface area contributed by atoms with Crippen molar-refractivity contribution in [1.29, 1.82) is 0 Å². The first-order valence-electron chi connectivity index (χ1n) is 6.01. The molecule has 0 unspecified atom stereocenters. The number of esters is 1. The highest BCUT2D eigenvalue weighted by atomic mass is 16.6. The van der Waals surface area contributed by atoms with Gasteiger partial charge in [0.15, 0.2) is 0 Å². The molecule has 0 radical (unpaired) electrons. The lowest BCUT2D eigenvalue weighted by Gasteiger charge is -2.06. The number of unbranched alkanes of at least 4 members (excludes halogenated alkanes) is 1. The predicted molar refractivity (Wildman–Crippen MR) is 62.2 cm³/mol. The van der Waals surface area contributed by atoms with E-state index in [4.69, 9.17) is 14.6 Å².